The molecule has 1 aromatic carbocycles. The second kappa shape index (κ2) is 4.17. The molecule has 1 aromatic heterocycles. The van der Waals surface area contributed by atoms with Crippen molar-refractivity contribution < 1.29 is 4.74 Å². The maximum Gasteiger partial charge on any atom is 0.133 e. The Balaban J connectivity index is 2.57. The Bertz CT molecular complexity index is 502. The Morgan fingerprint density at radius 1 is 1.44 bits per heavy atom. The number of nitrogens with zero attached hydrogens (tertiary/aromatic N) is 2. The molecule has 0 aliphatic rings. The molecular formula is C11H12BrN3O. The Hall–Kier alpha value is -1.49. The van der Waals surface area contributed by atoms with Crippen molar-refractivity contribution in [3.63, 3.8) is 0 Å². The van der Waals surface area contributed by atoms with Crippen LogP contribution in [0.15, 0.2) is 28.9 Å². The van der Waals surface area contributed by atoms with Crippen LogP contribution < -0.4 is 10.5 Å². The summed E-state index contributed by atoms with van der Waals surface area (Å²) in [6, 6.07) is 5.83. The lowest BCUT2D eigenvalue weighted by Gasteiger charge is -2.08. The molecule has 84 valence electrons. The molecule has 0 amide bonds. The first-order chi connectivity index (χ1) is 7.63. The molecule has 5 heteroatoms. The molecule has 0 radical (unpaired) electrons. The highest BCUT2D eigenvalue weighted by atomic mass is 79.9. The van der Waals surface area contributed by atoms with Crippen LogP contribution in [0.3, 0.4) is 0 Å². The number of anilines is 1. The molecule has 0 spiro atoms. The van der Waals surface area contributed by atoms with Gasteiger partial charge in [0.05, 0.1) is 29.2 Å². The van der Waals surface area contributed by atoms with E-state index in [-0.39, 0.29) is 0 Å². The van der Waals surface area contributed by atoms with Crippen LogP contribution in [0.4, 0.5) is 5.69 Å². The van der Waals surface area contributed by atoms with E-state index in [2.05, 4.69) is 21.0 Å². The molecule has 2 N–H and O–H groups in total. The van der Waals surface area contributed by atoms with Crippen molar-refractivity contribution in [3.8, 4) is 17.0 Å². The number of methoxy groups -OCH3 is 1. The molecule has 0 atom stereocenters. The van der Waals surface area contributed by atoms with Crippen molar-refractivity contribution in [2.24, 2.45) is 7.05 Å². The molecule has 4 nitrogen and oxygen atoms in total. The number of aromatic nitrogens is 2. The summed E-state index contributed by atoms with van der Waals surface area (Å²) in [5, 5.41) is 4.11. The van der Waals surface area contributed by atoms with Gasteiger partial charge >= 0.3 is 0 Å². The summed E-state index contributed by atoms with van der Waals surface area (Å²) >= 11 is 3.41. The van der Waals surface area contributed by atoms with Gasteiger partial charge in [-0.1, -0.05) is 6.07 Å². The van der Waals surface area contributed by atoms with E-state index in [1.54, 1.807) is 18.0 Å². The fourth-order valence-corrected chi connectivity index (χ4v) is 2.02. The molecule has 2 rings (SSSR count). The van der Waals surface area contributed by atoms with Crippen molar-refractivity contribution in [1.82, 2.24) is 9.78 Å². The van der Waals surface area contributed by atoms with Crippen molar-refractivity contribution in [1.29, 1.82) is 0 Å². The highest BCUT2D eigenvalue weighted by Crippen LogP contribution is 2.32. The zero-order valence-corrected chi connectivity index (χ0v) is 10.7. The van der Waals surface area contributed by atoms with Gasteiger partial charge < -0.3 is 10.5 Å². The Kier molecular flexibility index (Phi) is 2.87. The summed E-state index contributed by atoms with van der Waals surface area (Å²) in [6.07, 6.45) is 1.64. The molecule has 0 aliphatic heterocycles. The maximum absolute atomic E-state index is 5.87. The number of hydrogen-bond acceptors (Lipinski definition) is 3. The number of nitrogen functional groups attached to an aromatic ring is 1. The molecule has 2 aromatic rings. The fourth-order valence-electron chi connectivity index (χ4n) is 1.62. The van der Waals surface area contributed by atoms with Crippen LogP contribution in [-0.2, 0) is 7.05 Å². The summed E-state index contributed by atoms with van der Waals surface area (Å²) in [4.78, 5) is 0. The molecule has 0 saturated carbocycles. The van der Waals surface area contributed by atoms with E-state index < -0.39 is 0 Å². The topological polar surface area (TPSA) is 53.1 Å². The molecular weight excluding hydrogens is 270 g/mol. The highest BCUT2D eigenvalue weighted by molar-refractivity contribution is 9.10. The molecule has 0 unspecified atom stereocenters. The van der Waals surface area contributed by atoms with Crippen molar-refractivity contribution in [2.45, 2.75) is 0 Å². The van der Waals surface area contributed by atoms with Crippen molar-refractivity contribution in [3.05, 3.63) is 28.9 Å². The van der Waals surface area contributed by atoms with Gasteiger partial charge in [0.25, 0.3) is 0 Å². The first-order valence-electron chi connectivity index (χ1n) is 4.75. The minimum atomic E-state index is 0.659. The van der Waals surface area contributed by atoms with Crippen LogP contribution in [0.1, 0.15) is 0 Å². The third-order valence-corrected chi connectivity index (χ3v) is 3.05. The fraction of sp³-hybridized carbons (Fsp3) is 0.182. The summed E-state index contributed by atoms with van der Waals surface area (Å²) in [7, 11) is 3.50. The number of hydrogen-bond donors (Lipinski definition) is 1. The van der Waals surface area contributed by atoms with E-state index in [1.807, 2.05) is 25.2 Å². The summed E-state index contributed by atoms with van der Waals surface area (Å²) < 4.78 is 7.91. The van der Waals surface area contributed by atoms with Crippen LogP contribution >= 0.6 is 15.9 Å². The average molecular weight is 282 g/mol. The maximum atomic E-state index is 5.87. The minimum absolute atomic E-state index is 0.659. The predicted octanol–water partition coefficient (Wildman–Crippen LogP) is 2.44. The van der Waals surface area contributed by atoms with Crippen LogP contribution in [0.25, 0.3) is 11.3 Å². The third-order valence-electron chi connectivity index (χ3n) is 2.39. The predicted molar refractivity (Wildman–Crippen MR) is 67.3 cm³/mol. The van der Waals surface area contributed by atoms with Gasteiger partial charge in [-0.3, -0.25) is 4.68 Å². The van der Waals surface area contributed by atoms with Crippen LogP contribution in [-0.4, -0.2) is 16.9 Å². The first-order valence-corrected chi connectivity index (χ1v) is 5.54. The third kappa shape index (κ3) is 1.78. The van der Waals surface area contributed by atoms with Crippen molar-refractivity contribution in [2.75, 3.05) is 12.8 Å². The zero-order chi connectivity index (χ0) is 11.7. The van der Waals surface area contributed by atoms with E-state index in [9.17, 15) is 0 Å². The normalized spacial score (nSPS) is 10.4. The zero-order valence-electron chi connectivity index (χ0n) is 9.07. The van der Waals surface area contributed by atoms with Gasteiger partial charge in [0, 0.05) is 12.6 Å². The lowest BCUT2D eigenvalue weighted by molar-refractivity contribution is 0.412. The number of rotatable bonds is 2. The SMILES string of the molecule is COc1cc(-c2c(N)cnn2C)ccc1Br. The first kappa shape index (κ1) is 11.0. The second-order valence-electron chi connectivity index (χ2n) is 3.42. The van der Waals surface area contributed by atoms with Gasteiger partial charge in [-0.05, 0) is 28.1 Å². The van der Waals surface area contributed by atoms with Crippen molar-refractivity contribution >= 4 is 21.6 Å². The largest absolute Gasteiger partial charge is 0.496 e. The van der Waals surface area contributed by atoms with Gasteiger partial charge in [-0.2, -0.15) is 5.10 Å². The number of aryl methyl sites for hydroxylation is 1. The smallest absolute Gasteiger partial charge is 0.133 e. The van der Waals surface area contributed by atoms with Gasteiger partial charge in [0.2, 0.25) is 0 Å². The summed E-state index contributed by atoms with van der Waals surface area (Å²) in [6.45, 7) is 0. The monoisotopic (exact) mass is 281 g/mol. The molecule has 0 saturated heterocycles. The van der Waals surface area contributed by atoms with E-state index in [4.69, 9.17) is 10.5 Å². The Labute approximate surface area is 102 Å². The van der Waals surface area contributed by atoms with E-state index >= 15 is 0 Å². The molecule has 1 heterocycles. The quantitative estimate of drug-likeness (QED) is 0.920. The average Bonchev–Trinajstić information content (AvgIpc) is 2.60. The van der Waals surface area contributed by atoms with Crippen LogP contribution in [0.2, 0.25) is 0 Å². The number of nitrogens with two attached hydrogens (primary N) is 1. The molecule has 16 heavy (non-hydrogen) atoms. The standard InChI is InChI=1S/C11H12BrN3O/c1-15-11(9(13)6-14-15)7-3-4-8(12)10(5-7)16-2/h3-6H,13H2,1-2H3. The van der Waals surface area contributed by atoms with Gasteiger partial charge in [0.15, 0.2) is 0 Å². The molecule has 0 fully saturated rings. The number of halogens is 1. The lowest BCUT2D eigenvalue weighted by Crippen LogP contribution is -1.96. The van der Waals surface area contributed by atoms with Gasteiger partial charge in [-0.25, -0.2) is 0 Å². The second-order valence-corrected chi connectivity index (χ2v) is 4.28. The van der Waals surface area contributed by atoms with Gasteiger partial charge in [0.1, 0.15) is 5.75 Å². The summed E-state index contributed by atoms with van der Waals surface area (Å²) in [5.41, 5.74) is 8.40. The van der Waals surface area contributed by atoms with E-state index in [1.165, 1.54) is 0 Å². The van der Waals surface area contributed by atoms with Crippen LogP contribution in [0.5, 0.6) is 5.75 Å². The van der Waals surface area contributed by atoms with Crippen LogP contribution in [0, 0.1) is 0 Å². The van der Waals surface area contributed by atoms with E-state index in [0.29, 0.717) is 5.69 Å². The number of benzene rings is 1. The lowest BCUT2D eigenvalue weighted by atomic mass is 10.1. The minimum Gasteiger partial charge on any atom is -0.496 e. The Morgan fingerprint density at radius 3 is 2.75 bits per heavy atom. The number of ether oxygens (including phenoxy) is 1. The molecule has 0 aliphatic carbocycles. The highest BCUT2D eigenvalue weighted by Gasteiger charge is 2.10. The Morgan fingerprint density at radius 2 is 2.19 bits per heavy atom. The van der Waals surface area contributed by atoms with Gasteiger partial charge in [-0.15, -0.1) is 0 Å². The van der Waals surface area contributed by atoms with E-state index in [0.717, 1.165) is 21.5 Å². The summed E-state index contributed by atoms with van der Waals surface area (Å²) in [5.74, 6) is 0.776. The molecule has 0 bridgehead atoms.